The fraction of sp³-hybridized carbons (Fsp3) is 0.308. The Bertz CT molecular complexity index is 1290. The van der Waals surface area contributed by atoms with Crippen LogP contribution in [-0.4, -0.2) is 40.8 Å². The predicted octanol–water partition coefficient (Wildman–Crippen LogP) is 4.19. The average Bonchev–Trinajstić information content (AvgIpc) is 3.33. The van der Waals surface area contributed by atoms with Gasteiger partial charge in [0.05, 0.1) is 27.6 Å². The molecule has 2 fully saturated rings. The number of amides is 2. The van der Waals surface area contributed by atoms with Crippen molar-refractivity contribution in [2.75, 3.05) is 13.1 Å². The number of fused-ring (bicyclic) bond motifs is 1. The fourth-order valence-corrected chi connectivity index (χ4v) is 5.69. The summed E-state index contributed by atoms with van der Waals surface area (Å²) in [5.74, 6) is 0.629. The number of hydrogen-bond donors (Lipinski definition) is 1. The quantitative estimate of drug-likeness (QED) is 0.624. The van der Waals surface area contributed by atoms with E-state index in [1.807, 2.05) is 36.9 Å². The van der Waals surface area contributed by atoms with Crippen molar-refractivity contribution in [1.29, 1.82) is 5.26 Å². The van der Waals surface area contributed by atoms with Gasteiger partial charge in [-0.2, -0.15) is 5.26 Å². The number of nitrogens with one attached hydrogen (secondary N) is 1. The van der Waals surface area contributed by atoms with Gasteiger partial charge < -0.3 is 10.2 Å². The number of rotatable bonds is 5. The first-order chi connectivity index (χ1) is 15.9. The van der Waals surface area contributed by atoms with Crippen LogP contribution in [-0.2, 0) is 0 Å². The molecule has 2 amide bonds. The first-order valence-electron chi connectivity index (χ1n) is 11.1. The molecule has 6 nitrogen and oxygen atoms in total. The number of aryl methyl sites for hydroxylation is 2. The first-order valence-corrected chi connectivity index (χ1v) is 11.9. The average molecular weight is 457 g/mol. The van der Waals surface area contributed by atoms with Gasteiger partial charge in [-0.1, -0.05) is 35.9 Å². The van der Waals surface area contributed by atoms with Gasteiger partial charge in [-0.15, -0.1) is 11.3 Å². The summed E-state index contributed by atoms with van der Waals surface area (Å²) in [7, 11) is 0. The van der Waals surface area contributed by atoms with Crippen LogP contribution in [0.2, 0.25) is 0 Å². The van der Waals surface area contributed by atoms with Crippen molar-refractivity contribution in [3.8, 4) is 16.5 Å². The van der Waals surface area contributed by atoms with E-state index in [9.17, 15) is 9.59 Å². The van der Waals surface area contributed by atoms with Crippen molar-refractivity contribution in [3.63, 3.8) is 0 Å². The zero-order chi connectivity index (χ0) is 23.1. The molecule has 1 aliphatic carbocycles. The van der Waals surface area contributed by atoms with E-state index in [0.717, 1.165) is 27.4 Å². The highest BCUT2D eigenvalue weighted by Crippen LogP contribution is 2.50. The number of likely N-dealkylation sites (tertiary alicyclic amines) is 1. The summed E-state index contributed by atoms with van der Waals surface area (Å²) < 4.78 is 0. The molecule has 0 bridgehead atoms. The Kier molecular flexibility index (Phi) is 5.47. The SMILES string of the molecule is Cc1cccc(-c2sc(C)nc2C(=O)N2CC3CC3C2CNC(=O)c2cccc(C#N)c2)c1. The Balaban J connectivity index is 1.35. The van der Waals surface area contributed by atoms with Gasteiger partial charge in [0.1, 0.15) is 5.69 Å². The van der Waals surface area contributed by atoms with E-state index in [1.54, 1.807) is 35.6 Å². The van der Waals surface area contributed by atoms with Crippen LogP contribution in [0.3, 0.4) is 0 Å². The van der Waals surface area contributed by atoms with Crippen LogP contribution in [0, 0.1) is 37.0 Å². The summed E-state index contributed by atoms with van der Waals surface area (Å²) in [4.78, 5) is 33.7. The predicted molar refractivity (Wildman–Crippen MR) is 127 cm³/mol. The van der Waals surface area contributed by atoms with E-state index in [0.29, 0.717) is 41.7 Å². The Hall–Kier alpha value is -3.50. The van der Waals surface area contributed by atoms with Crippen LogP contribution in [0.15, 0.2) is 48.5 Å². The van der Waals surface area contributed by atoms with Crippen LogP contribution >= 0.6 is 11.3 Å². The van der Waals surface area contributed by atoms with E-state index >= 15 is 0 Å². The molecule has 166 valence electrons. The van der Waals surface area contributed by atoms with E-state index in [1.165, 1.54) is 0 Å². The molecule has 1 saturated carbocycles. The molecular formula is C26H24N4O2S. The maximum atomic E-state index is 13.6. The maximum absolute atomic E-state index is 13.6. The Morgan fingerprint density at radius 1 is 1.21 bits per heavy atom. The number of carbonyl (C=O) groups excluding carboxylic acids is 2. The molecule has 1 saturated heterocycles. The molecule has 1 aliphatic heterocycles. The van der Waals surface area contributed by atoms with E-state index < -0.39 is 0 Å². The molecule has 3 unspecified atom stereocenters. The van der Waals surface area contributed by atoms with Crippen molar-refractivity contribution in [3.05, 3.63) is 75.9 Å². The lowest BCUT2D eigenvalue weighted by atomic mass is 10.1. The highest BCUT2D eigenvalue weighted by atomic mass is 32.1. The smallest absolute Gasteiger partial charge is 0.274 e. The number of thiazole rings is 1. The second-order valence-electron chi connectivity index (χ2n) is 8.87. The fourth-order valence-electron chi connectivity index (χ4n) is 4.79. The number of aromatic nitrogens is 1. The van der Waals surface area contributed by atoms with Crippen molar-refractivity contribution < 1.29 is 9.59 Å². The van der Waals surface area contributed by atoms with Crippen LogP contribution in [0.5, 0.6) is 0 Å². The van der Waals surface area contributed by atoms with Crippen molar-refractivity contribution in [2.24, 2.45) is 11.8 Å². The molecule has 1 N–H and O–H groups in total. The molecule has 0 radical (unpaired) electrons. The molecule has 1 aromatic heterocycles. The number of carbonyl (C=O) groups is 2. The largest absolute Gasteiger partial charge is 0.350 e. The molecule has 7 heteroatoms. The second kappa shape index (κ2) is 8.45. The molecule has 2 heterocycles. The number of nitrogens with zero attached hydrogens (tertiary/aromatic N) is 3. The standard InChI is InChI=1S/C26H24N4O2S/c1-15-5-3-7-18(9-15)24-23(29-16(2)33-24)26(32)30-14-20-11-21(20)22(30)13-28-25(31)19-8-4-6-17(10-19)12-27/h3-10,20-22H,11,13-14H2,1-2H3,(H,28,31). The third-order valence-corrected chi connectivity index (χ3v) is 7.53. The first kappa shape index (κ1) is 21.4. The molecule has 2 aromatic carbocycles. The summed E-state index contributed by atoms with van der Waals surface area (Å²) in [6.07, 6.45) is 1.09. The Morgan fingerprint density at radius 2 is 2.03 bits per heavy atom. The minimum atomic E-state index is -0.228. The molecule has 3 atom stereocenters. The molecule has 5 rings (SSSR count). The lowest BCUT2D eigenvalue weighted by Crippen LogP contribution is -2.45. The van der Waals surface area contributed by atoms with Gasteiger partial charge in [-0.3, -0.25) is 9.59 Å². The van der Waals surface area contributed by atoms with Crippen molar-refractivity contribution in [1.82, 2.24) is 15.2 Å². The van der Waals surface area contributed by atoms with Crippen LogP contribution in [0.25, 0.3) is 10.4 Å². The Morgan fingerprint density at radius 3 is 2.82 bits per heavy atom. The van der Waals surface area contributed by atoms with Gasteiger partial charge in [-0.05, 0) is 55.9 Å². The zero-order valence-corrected chi connectivity index (χ0v) is 19.4. The molecule has 0 spiro atoms. The summed E-state index contributed by atoms with van der Waals surface area (Å²) >= 11 is 1.54. The van der Waals surface area contributed by atoms with E-state index in [2.05, 4.69) is 22.4 Å². The van der Waals surface area contributed by atoms with Crippen LogP contribution in [0.1, 0.15) is 43.4 Å². The summed E-state index contributed by atoms with van der Waals surface area (Å²) in [6.45, 7) is 5.07. The van der Waals surface area contributed by atoms with E-state index in [4.69, 9.17) is 5.26 Å². The molecular weight excluding hydrogens is 432 g/mol. The summed E-state index contributed by atoms with van der Waals surface area (Å²) in [5, 5.41) is 12.9. The second-order valence-corrected chi connectivity index (χ2v) is 10.1. The normalized spacial score (nSPS) is 20.8. The lowest BCUT2D eigenvalue weighted by Gasteiger charge is -2.27. The lowest BCUT2D eigenvalue weighted by molar-refractivity contribution is 0.0690. The summed E-state index contributed by atoms with van der Waals surface area (Å²) in [6, 6.07) is 16.8. The number of hydrogen-bond acceptors (Lipinski definition) is 5. The monoisotopic (exact) mass is 456 g/mol. The van der Waals surface area contributed by atoms with Gasteiger partial charge >= 0.3 is 0 Å². The summed E-state index contributed by atoms with van der Waals surface area (Å²) in [5.41, 5.74) is 3.55. The Labute approximate surface area is 196 Å². The molecule has 33 heavy (non-hydrogen) atoms. The number of nitriles is 1. The van der Waals surface area contributed by atoms with Gasteiger partial charge in [0.15, 0.2) is 0 Å². The molecule has 3 aromatic rings. The highest BCUT2D eigenvalue weighted by molar-refractivity contribution is 7.15. The zero-order valence-electron chi connectivity index (χ0n) is 18.5. The van der Waals surface area contributed by atoms with Gasteiger partial charge in [0.2, 0.25) is 0 Å². The highest BCUT2D eigenvalue weighted by Gasteiger charge is 2.54. The van der Waals surface area contributed by atoms with Crippen LogP contribution < -0.4 is 5.32 Å². The molecule has 2 aliphatic rings. The van der Waals surface area contributed by atoms with Crippen molar-refractivity contribution in [2.45, 2.75) is 26.3 Å². The van der Waals surface area contributed by atoms with Gasteiger partial charge in [0, 0.05) is 18.7 Å². The number of benzene rings is 2. The number of piperidine rings is 1. The maximum Gasteiger partial charge on any atom is 0.274 e. The minimum Gasteiger partial charge on any atom is -0.350 e. The van der Waals surface area contributed by atoms with Crippen molar-refractivity contribution >= 4 is 23.2 Å². The van der Waals surface area contributed by atoms with Gasteiger partial charge in [-0.25, -0.2) is 4.98 Å². The van der Waals surface area contributed by atoms with Crippen LogP contribution in [0.4, 0.5) is 0 Å². The third-order valence-electron chi connectivity index (χ3n) is 6.51. The topological polar surface area (TPSA) is 86.1 Å². The van der Waals surface area contributed by atoms with Gasteiger partial charge in [0.25, 0.3) is 11.8 Å². The minimum absolute atomic E-state index is 0.0436. The van der Waals surface area contributed by atoms with E-state index in [-0.39, 0.29) is 17.9 Å². The third kappa shape index (κ3) is 4.14.